The molecule has 2 N–H and O–H groups in total. The molecule has 0 saturated heterocycles. The average molecular weight is 347 g/mol. The maximum Gasteiger partial charge on any atom is 0.278 e. The number of hydrogen-bond donors (Lipinski definition) is 2. The standard InChI is InChI=1S/C20H17N3O3/c24-20(22-25)16-6-2-4-8-19(16)26-12-11-23-17-7-3-1-5-14(17)15-9-10-21-13-18(15)23/h1-10,13,25H,11-12H2,(H,22,24). The number of amides is 1. The van der Waals surface area contributed by atoms with E-state index in [9.17, 15) is 4.79 Å². The Balaban J connectivity index is 1.62. The minimum absolute atomic E-state index is 0.291. The second-order valence-corrected chi connectivity index (χ2v) is 5.85. The van der Waals surface area contributed by atoms with Crippen molar-refractivity contribution < 1.29 is 14.7 Å². The lowest BCUT2D eigenvalue weighted by molar-refractivity contribution is 0.0702. The zero-order valence-electron chi connectivity index (χ0n) is 13.9. The fourth-order valence-corrected chi connectivity index (χ4v) is 3.22. The van der Waals surface area contributed by atoms with Gasteiger partial charge in [0.05, 0.1) is 23.8 Å². The minimum atomic E-state index is -0.596. The Morgan fingerprint density at radius 1 is 1.04 bits per heavy atom. The van der Waals surface area contributed by atoms with Crippen molar-refractivity contribution in [3.63, 3.8) is 0 Å². The molecule has 2 aromatic heterocycles. The summed E-state index contributed by atoms with van der Waals surface area (Å²) >= 11 is 0. The van der Waals surface area contributed by atoms with E-state index in [0.717, 1.165) is 16.4 Å². The van der Waals surface area contributed by atoms with Gasteiger partial charge in [-0.15, -0.1) is 0 Å². The summed E-state index contributed by atoms with van der Waals surface area (Å²) in [6.07, 6.45) is 3.64. The van der Waals surface area contributed by atoms with E-state index in [4.69, 9.17) is 9.94 Å². The van der Waals surface area contributed by atoms with Crippen LogP contribution in [0.1, 0.15) is 10.4 Å². The molecule has 0 aliphatic heterocycles. The van der Waals surface area contributed by atoms with E-state index in [0.29, 0.717) is 24.5 Å². The molecule has 6 heteroatoms. The Hall–Kier alpha value is -3.38. The zero-order chi connectivity index (χ0) is 17.9. The van der Waals surface area contributed by atoms with Crippen LogP contribution in [0.2, 0.25) is 0 Å². The fraction of sp³-hybridized carbons (Fsp3) is 0.100. The van der Waals surface area contributed by atoms with Crippen molar-refractivity contribution in [2.75, 3.05) is 6.61 Å². The number of benzene rings is 2. The summed E-state index contributed by atoms with van der Waals surface area (Å²) in [4.78, 5) is 16.0. The molecule has 26 heavy (non-hydrogen) atoms. The number of carbonyl (C=O) groups is 1. The van der Waals surface area contributed by atoms with Crippen LogP contribution in [-0.4, -0.2) is 27.3 Å². The molecule has 4 rings (SSSR count). The molecule has 0 aliphatic carbocycles. The topological polar surface area (TPSA) is 76.4 Å². The number of aromatic nitrogens is 2. The van der Waals surface area contributed by atoms with Gasteiger partial charge in [0.2, 0.25) is 0 Å². The summed E-state index contributed by atoms with van der Waals surface area (Å²) in [5.41, 5.74) is 4.08. The molecule has 1 amide bonds. The molecule has 2 heterocycles. The van der Waals surface area contributed by atoms with Gasteiger partial charge in [0.15, 0.2) is 0 Å². The van der Waals surface area contributed by atoms with Crippen LogP contribution in [0.4, 0.5) is 0 Å². The predicted octanol–water partition coefficient (Wildman–Crippen LogP) is 3.39. The average Bonchev–Trinajstić information content (AvgIpc) is 3.02. The molecule has 6 nitrogen and oxygen atoms in total. The monoisotopic (exact) mass is 347 g/mol. The third-order valence-corrected chi connectivity index (χ3v) is 4.38. The molecule has 0 radical (unpaired) electrons. The maximum absolute atomic E-state index is 11.7. The van der Waals surface area contributed by atoms with Gasteiger partial charge in [-0.25, -0.2) is 5.48 Å². The second kappa shape index (κ2) is 6.85. The van der Waals surface area contributed by atoms with E-state index in [2.05, 4.69) is 21.7 Å². The highest BCUT2D eigenvalue weighted by Crippen LogP contribution is 2.28. The summed E-state index contributed by atoms with van der Waals surface area (Å²) < 4.78 is 7.98. The lowest BCUT2D eigenvalue weighted by Gasteiger charge is -2.12. The van der Waals surface area contributed by atoms with Crippen molar-refractivity contribution in [3.8, 4) is 5.75 Å². The number of nitrogens with one attached hydrogen (secondary N) is 1. The van der Waals surface area contributed by atoms with Gasteiger partial charge in [-0.2, -0.15) is 0 Å². The number of carbonyl (C=O) groups excluding carboxylic acids is 1. The second-order valence-electron chi connectivity index (χ2n) is 5.85. The zero-order valence-corrected chi connectivity index (χ0v) is 13.9. The summed E-state index contributed by atoms with van der Waals surface area (Å²) in [5.74, 6) is -0.167. The van der Waals surface area contributed by atoms with E-state index in [-0.39, 0.29) is 0 Å². The van der Waals surface area contributed by atoms with Crippen LogP contribution < -0.4 is 10.2 Å². The molecule has 0 bridgehead atoms. The first-order chi connectivity index (χ1) is 12.8. The Morgan fingerprint density at radius 3 is 2.69 bits per heavy atom. The molecule has 2 aromatic carbocycles. The summed E-state index contributed by atoms with van der Waals surface area (Å²) in [5, 5.41) is 11.2. The first kappa shape index (κ1) is 16.1. The quantitative estimate of drug-likeness (QED) is 0.429. The van der Waals surface area contributed by atoms with Crippen LogP contribution in [0.15, 0.2) is 67.0 Å². The normalized spacial score (nSPS) is 11.0. The Labute approximate surface area is 149 Å². The largest absolute Gasteiger partial charge is 0.491 e. The van der Waals surface area contributed by atoms with Crippen LogP contribution in [0, 0.1) is 0 Å². The van der Waals surface area contributed by atoms with Crippen LogP contribution in [-0.2, 0) is 6.54 Å². The highest BCUT2D eigenvalue weighted by atomic mass is 16.5. The SMILES string of the molecule is O=C(NO)c1ccccc1OCCn1c2ccccc2c2ccncc21. The number of hydrogen-bond acceptors (Lipinski definition) is 4. The lowest BCUT2D eigenvalue weighted by Crippen LogP contribution is -2.20. The van der Waals surface area contributed by atoms with Crippen LogP contribution in [0.25, 0.3) is 21.8 Å². The molecule has 0 unspecified atom stereocenters. The van der Waals surface area contributed by atoms with Gasteiger partial charge in [-0.1, -0.05) is 30.3 Å². The van der Waals surface area contributed by atoms with Gasteiger partial charge in [-0.3, -0.25) is 15.0 Å². The van der Waals surface area contributed by atoms with Crippen molar-refractivity contribution in [1.82, 2.24) is 15.0 Å². The Kier molecular flexibility index (Phi) is 4.25. The number of hydroxylamine groups is 1. The molecule has 0 atom stereocenters. The first-order valence-electron chi connectivity index (χ1n) is 8.27. The number of rotatable bonds is 5. The third-order valence-electron chi connectivity index (χ3n) is 4.38. The molecular weight excluding hydrogens is 330 g/mol. The lowest BCUT2D eigenvalue weighted by atomic mass is 10.2. The van der Waals surface area contributed by atoms with Gasteiger partial charge in [0.1, 0.15) is 12.4 Å². The summed E-state index contributed by atoms with van der Waals surface area (Å²) in [6.45, 7) is 0.975. The summed E-state index contributed by atoms with van der Waals surface area (Å²) in [6, 6.07) is 17.0. The van der Waals surface area contributed by atoms with Crippen LogP contribution in [0.3, 0.4) is 0 Å². The molecule has 0 aliphatic rings. The smallest absolute Gasteiger partial charge is 0.278 e. The molecule has 0 saturated carbocycles. The van der Waals surface area contributed by atoms with Crippen molar-refractivity contribution >= 4 is 27.7 Å². The van der Waals surface area contributed by atoms with Crippen LogP contribution in [0.5, 0.6) is 5.75 Å². The van der Waals surface area contributed by atoms with Gasteiger partial charge < -0.3 is 9.30 Å². The van der Waals surface area contributed by atoms with Crippen molar-refractivity contribution in [1.29, 1.82) is 0 Å². The number of fused-ring (bicyclic) bond motifs is 3. The highest BCUT2D eigenvalue weighted by molar-refractivity contribution is 6.07. The number of pyridine rings is 1. The van der Waals surface area contributed by atoms with E-state index < -0.39 is 5.91 Å². The Bertz CT molecular complexity index is 1030. The van der Waals surface area contributed by atoms with Crippen molar-refractivity contribution in [3.05, 3.63) is 72.6 Å². The van der Waals surface area contributed by atoms with Gasteiger partial charge in [0, 0.05) is 22.5 Å². The number of ether oxygens (including phenoxy) is 1. The van der Waals surface area contributed by atoms with E-state index in [1.54, 1.807) is 35.9 Å². The van der Waals surface area contributed by atoms with Gasteiger partial charge in [0.25, 0.3) is 5.91 Å². The molecule has 0 fully saturated rings. The van der Waals surface area contributed by atoms with E-state index in [1.165, 1.54) is 5.39 Å². The maximum atomic E-state index is 11.7. The molecular formula is C20H17N3O3. The number of nitrogens with zero attached hydrogens (tertiary/aromatic N) is 2. The van der Waals surface area contributed by atoms with Crippen molar-refractivity contribution in [2.45, 2.75) is 6.54 Å². The molecule has 4 aromatic rings. The van der Waals surface area contributed by atoms with E-state index in [1.807, 2.05) is 24.4 Å². The summed E-state index contributed by atoms with van der Waals surface area (Å²) in [7, 11) is 0. The first-order valence-corrected chi connectivity index (χ1v) is 8.27. The number of para-hydroxylation sites is 2. The third kappa shape index (κ3) is 2.76. The minimum Gasteiger partial charge on any atom is -0.491 e. The van der Waals surface area contributed by atoms with Gasteiger partial charge >= 0.3 is 0 Å². The highest BCUT2D eigenvalue weighted by Gasteiger charge is 2.13. The van der Waals surface area contributed by atoms with Crippen molar-refractivity contribution in [2.24, 2.45) is 0 Å². The fourth-order valence-electron chi connectivity index (χ4n) is 3.22. The van der Waals surface area contributed by atoms with E-state index >= 15 is 0 Å². The van der Waals surface area contributed by atoms with Gasteiger partial charge in [-0.05, 0) is 24.3 Å². The Morgan fingerprint density at radius 2 is 1.81 bits per heavy atom. The predicted molar refractivity (Wildman–Crippen MR) is 98.4 cm³/mol. The van der Waals surface area contributed by atoms with Crippen LogP contribution >= 0.6 is 0 Å². The molecule has 130 valence electrons. The molecule has 0 spiro atoms.